The van der Waals surface area contributed by atoms with Crippen molar-refractivity contribution in [3.05, 3.63) is 29.8 Å². The second-order valence-corrected chi connectivity index (χ2v) is 4.48. The van der Waals surface area contributed by atoms with E-state index in [-0.39, 0.29) is 0 Å². The number of hydrogen-bond donors (Lipinski definition) is 0. The monoisotopic (exact) mass is 178 g/mol. The maximum Gasteiger partial charge on any atom is 0.538 e. The van der Waals surface area contributed by atoms with E-state index < -0.39 is 19.3 Å². The van der Waals surface area contributed by atoms with Gasteiger partial charge in [0.15, 0.2) is 0 Å². The van der Waals surface area contributed by atoms with Gasteiger partial charge in [0, 0.05) is 0 Å². The van der Waals surface area contributed by atoms with Crippen molar-refractivity contribution in [3.8, 4) is 0 Å². The van der Waals surface area contributed by atoms with Crippen LogP contribution in [-0.2, 0) is 6.42 Å². The van der Waals surface area contributed by atoms with Gasteiger partial charge in [0.1, 0.15) is 0 Å². The number of benzene rings is 1. The molecule has 1 aromatic carbocycles. The predicted octanol–water partition coefficient (Wildman–Crippen LogP) is 2.12. The molecule has 11 heavy (non-hydrogen) atoms. The second kappa shape index (κ2) is 5.02. The average molecular weight is 179 g/mol. The summed E-state index contributed by atoms with van der Waals surface area (Å²) >= 11 is -0.486. The molecule has 0 N–H and O–H groups in total. The molecule has 0 spiro atoms. The van der Waals surface area contributed by atoms with Gasteiger partial charge in [-0.15, -0.1) is 3.69 Å². The SMILES string of the molecule is CCCc1cccc[c]1[Mg][Cl]. The van der Waals surface area contributed by atoms with Gasteiger partial charge in [0.25, 0.3) is 0 Å². The number of rotatable bonds is 3. The topological polar surface area (TPSA) is 0 Å². The van der Waals surface area contributed by atoms with Gasteiger partial charge < -0.3 is 9.07 Å². The van der Waals surface area contributed by atoms with Gasteiger partial charge in [-0.1, -0.05) is 43.2 Å². The highest BCUT2D eigenvalue weighted by Crippen LogP contribution is 1.99. The summed E-state index contributed by atoms with van der Waals surface area (Å²) in [5.41, 5.74) is 1.46. The lowest BCUT2D eigenvalue weighted by Gasteiger charge is -2.04. The fourth-order valence-corrected chi connectivity index (χ4v) is 2.67. The van der Waals surface area contributed by atoms with Gasteiger partial charge in [-0.25, -0.2) is 0 Å². The summed E-state index contributed by atoms with van der Waals surface area (Å²) < 4.78 is 1.41. The molecule has 1 rings (SSSR count). The maximum absolute atomic E-state index is 5.91. The van der Waals surface area contributed by atoms with Crippen LogP contribution < -0.4 is 3.69 Å². The highest BCUT2D eigenvalue weighted by Gasteiger charge is 2.00. The summed E-state index contributed by atoms with van der Waals surface area (Å²) in [4.78, 5) is 0. The summed E-state index contributed by atoms with van der Waals surface area (Å²) in [6, 6.07) is 8.51. The summed E-state index contributed by atoms with van der Waals surface area (Å²) in [6.07, 6.45) is 2.39. The van der Waals surface area contributed by atoms with Gasteiger partial charge in [-0.2, -0.15) is 0 Å². The van der Waals surface area contributed by atoms with Crippen molar-refractivity contribution in [2.24, 2.45) is 0 Å². The molecule has 0 atom stereocenters. The van der Waals surface area contributed by atoms with Gasteiger partial charge >= 0.3 is 19.3 Å². The highest BCUT2D eigenvalue weighted by atomic mass is 35.5. The van der Waals surface area contributed by atoms with Crippen LogP contribution in [0, 0.1) is 0 Å². The van der Waals surface area contributed by atoms with E-state index >= 15 is 0 Å². The summed E-state index contributed by atoms with van der Waals surface area (Å²) in [5.74, 6) is 0. The zero-order chi connectivity index (χ0) is 8.10. The van der Waals surface area contributed by atoms with Crippen LogP contribution in [0.15, 0.2) is 24.3 Å². The van der Waals surface area contributed by atoms with Crippen LogP contribution in [0.4, 0.5) is 0 Å². The van der Waals surface area contributed by atoms with E-state index in [0.29, 0.717) is 0 Å². The molecule has 2 heteroatoms. The van der Waals surface area contributed by atoms with E-state index in [2.05, 4.69) is 31.2 Å². The van der Waals surface area contributed by atoms with E-state index in [0.717, 1.165) is 0 Å². The first kappa shape index (κ1) is 9.36. The van der Waals surface area contributed by atoms with Crippen LogP contribution in [0.25, 0.3) is 0 Å². The molecular weight excluding hydrogens is 168 g/mol. The molecule has 0 heterocycles. The van der Waals surface area contributed by atoms with Crippen molar-refractivity contribution in [3.63, 3.8) is 0 Å². The Morgan fingerprint density at radius 1 is 1.36 bits per heavy atom. The molecule has 0 unspecified atom stereocenters. The third-order valence-electron chi connectivity index (χ3n) is 1.78. The quantitative estimate of drug-likeness (QED) is 0.623. The third kappa shape index (κ3) is 2.66. The average Bonchev–Trinajstić information content (AvgIpc) is 2.06. The molecule has 0 radical (unpaired) electrons. The van der Waals surface area contributed by atoms with Crippen molar-refractivity contribution >= 4 is 32.0 Å². The lowest BCUT2D eigenvalue weighted by Crippen LogP contribution is -2.14. The number of hydrogen-bond acceptors (Lipinski definition) is 0. The Hall–Kier alpha value is 0.276. The van der Waals surface area contributed by atoms with Crippen LogP contribution >= 0.6 is 9.07 Å². The van der Waals surface area contributed by atoms with E-state index in [1.165, 1.54) is 22.1 Å². The fraction of sp³-hybridized carbons (Fsp3) is 0.333. The first-order valence-corrected chi connectivity index (χ1v) is 6.85. The molecule has 0 nitrogen and oxygen atoms in total. The van der Waals surface area contributed by atoms with Crippen molar-refractivity contribution < 1.29 is 0 Å². The second-order valence-electron chi connectivity index (χ2n) is 2.65. The maximum atomic E-state index is 5.91. The minimum absolute atomic E-state index is 0.486. The van der Waals surface area contributed by atoms with Crippen molar-refractivity contribution in [2.75, 3.05) is 0 Å². The Balaban J connectivity index is 2.83. The number of aryl methyl sites for hydroxylation is 1. The molecule has 0 amide bonds. The lowest BCUT2D eigenvalue weighted by molar-refractivity contribution is 0.927. The molecule has 1 aromatic rings. The van der Waals surface area contributed by atoms with Crippen molar-refractivity contribution in [2.45, 2.75) is 19.8 Å². The Bertz CT molecular complexity index is 223. The first-order chi connectivity index (χ1) is 5.38. The van der Waals surface area contributed by atoms with Crippen LogP contribution in [0.3, 0.4) is 0 Å². The largest absolute Gasteiger partial charge is 0.538 e. The summed E-state index contributed by atoms with van der Waals surface area (Å²) in [6.45, 7) is 2.20. The van der Waals surface area contributed by atoms with E-state index in [4.69, 9.17) is 9.07 Å². The molecule has 0 aliphatic carbocycles. The van der Waals surface area contributed by atoms with Crippen molar-refractivity contribution in [1.29, 1.82) is 0 Å². The molecule has 0 saturated heterocycles. The smallest absolute Gasteiger partial charge is 0.336 e. The van der Waals surface area contributed by atoms with Gasteiger partial charge in [0.05, 0.1) is 0 Å². The van der Waals surface area contributed by atoms with Gasteiger partial charge in [0.2, 0.25) is 0 Å². The normalized spacial score (nSPS) is 9.27. The molecule has 0 bridgehead atoms. The standard InChI is InChI=1S/C9H11.ClH.Mg/c1-2-6-9-7-4-3-5-8-9;;/h3-5,7H,2,6H2,1H3;1H;/q;;+1/p-1. The Kier molecular flexibility index (Phi) is 4.27. The van der Waals surface area contributed by atoms with Crippen LogP contribution in [-0.4, -0.2) is 19.3 Å². The zero-order valence-electron chi connectivity index (χ0n) is 6.81. The zero-order valence-corrected chi connectivity index (χ0v) is 8.98. The highest BCUT2D eigenvalue weighted by molar-refractivity contribution is 7.01. The minimum Gasteiger partial charge on any atom is -0.336 e. The van der Waals surface area contributed by atoms with E-state index in [9.17, 15) is 0 Å². The molecule has 0 saturated carbocycles. The summed E-state index contributed by atoms with van der Waals surface area (Å²) in [5, 5.41) is 0. The third-order valence-corrected chi connectivity index (χ3v) is 3.62. The Morgan fingerprint density at radius 3 is 2.73 bits per heavy atom. The minimum atomic E-state index is -0.486. The molecule has 0 aliphatic rings. The van der Waals surface area contributed by atoms with Gasteiger partial charge in [-0.3, -0.25) is 0 Å². The van der Waals surface area contributed by atoms with E-state index in [1.807, 2.05) is 0 Å². The molecule has 56 valence electrons. The van der Waals surface area contributed by atoms with Gasteiger partial charge in [-0.05, 0) is 6.42 Å². The molecule has 0 fully saturated rings. The lowest BCUT2D eigenvalue weighted by atomic mass is 10.1. The predicted molar refractivity (Wildman–Crippen MR) is 51.7 cm³/mol. The molecular formula is C9H11ClMg. The number of halogens is 1. The summed E-state index contributed by atoms with van der Waals surface area (Å²) in [7, 11) is 5.91. The first-order valence-electron chi connectivity index (χ1n) is 4.01. The Labute approximate surface area is 81.5 Å². The van der Waals surface area contributed by atoms with Crippen LogP contribution in [0.1, 0.15) is 18.9 Å². The van der Waals surface area contributed by atoms with Crippen LogP contribution in [0.5, 0.6) is 0 Å². The van der Waals surface area contributed by atoms with Crippen molar-refractivity contribution in [1.82, 2.24) is 0 Å². The Morgan fingerprint density at radius 2 is 2.09 bits per heavy atom. The molecule has 0 aliphatic heterocycles. The van der Waals surface area contributed by atoms with E-state index in [1.54, 1.807) is 0 Å². The fourth-order valence-electron chi connectivity index (χ4n) is 1.20. The molecule has 0 aromatic heterocycles. The van der Waals surface area contributed by atoms with Crippen LogP contribution in [0.2, 0.25) is 0 Å².